The maximum absolute atomic E-state index is 2.44. The highest BCUT2D eigenvalue weighted by Crippen LogP contribution is 2.45. The van der Waals surface area contributed by atoms with Crippen molar-refractivity contribution in [1.82, 2.24) is 0 Å². The average molecular weight is 314 g/mol. The monoisotopic (exact) mass is 314 g/mol. The Hall–Kier alpha value is -2.08. The van der Waals surface area contributed by atoms with Crippen molar-refractivity contribution < 1.29 is 0 Å². The van der Waals surface area contributed by atoms with Gasteiger partial charge in [-0.25, -0.2) is 0 Å². The van der Waals surface area contributed by atoms with Gasteiger partial charge in [0.05, 0.1) is 0 Å². The summed E-state index contributed by atoms with van der Waals surface area (Å²) in [4.78, 5) is 0. The minimum absolute atomic E-state index is 0.350. The van der Waals surface area contributed by atoms with Gasteiger partial charge in [-0.15, -0.1) is 0 Å². The van der Waals surface area contributed by atoms with Gasteiger partial charge in [-0.3, -0.25) is 0 Å². The van der Waals surface area contributed by atoms with Gasteiger partial charge in [0, 0.05) is 0 Å². The molecule has 0 radical (unpaired) electrons. The summed E-state index contributed by atoms with van der Waals surface area (Å²) in [6, 6.07) is 20.5. The molecule has 0 saturated carbocycles. The van der Waals surface area contributed by atoms with Crippen LogP contribution in [0, 0.1) is 5.41 Å². The molecule has 0 aliphatic rings. The second kappa shape index (κ2) is 5.48. The molecule has 0 bridgehead atoms. The first-order valence-corrected chi connectivity index (χ1v) is 9.25. The van der Waals surface area contributed by atoms with Gasteiger partial charge in [-0.05, 0) is 49.2 Å². The summed E-state index contributed by atoms with van der Waals surface area (Å²) >= 11 is 0. The SMILES string of the molecule is CCC(C)(CC)C(C)c1ccc2ccc3cccc4ccc1c2c34. The average Bonchev–Trinajstić information content (AvgIpc) is 2.64. The smallest absolute Gasteiger partial charge is 0.00239 e. The first-order chi connectivity index (χ1) is 11.6. The molecule has 1 atom stereocenters. The molecule has 0 nitrogen and oxygen atoms in total. The second-order valence-electron chi connectivity index (χ2n) is 7.59. The predicted octanol–water partition coefficient (Wildman–Crippen LogP) is 7.51. The predicted molar refractivity (Wildman–Crippen MR) is 107 cm³/mol. The zero-order valence-corrected chi connectivity index (χ0v) is 15.2. The molecule has 4 aromatic carbocycles. The van der Waals surface area contributed by atoms with Crippen LogP contribution in [-0.2, 0) is 0 Å². The van der Waals surface area contributed by atoms with E-state index in [0.29, 0.717) is 11.3 Å². The van der Waals surface area contributed by atoms with E-state index in [9.17, 15) is 0 Å². The fourth-order valence-corrected chi connectivity index (χ4v) is 4.37. The van der Waals surface area contributed by atoms with Crippen LogP contribution in [0.1, 0.15) is 52.0 Å². The third-order valence-electron chi connectivity index (χ3n) is 6.69. The lowest BCUT2D eigenvalue weighted by Gasteiger charge is -2.35. The van der Waals surface area contributed by atoms with Crippen LogP contribution in [0.15, 0.2) is 54.6 Å². The van der Waals surface area contributed by atoms with E-state index in [4.69, 9.17) is 0 Å². The minimum atomic E-state index is 0.350. The van der Waals surface area contributed by atoms with Crippen molar-refractivity contribution >= 4 is 32.3 Å². The van der Waals surface area contributed by atoms with Crippen LogP contribution in [0.5, 0.6) is 0 Å². The van der Waals surface area contributed by atoms with Crippen molar-refractivity contribution in [3.05, 3.63) is 60.2 Å². The lowest BCUT2D eigenvalue weighted by atomic mass is 9.70. The minimum Gasteiger partial charge on any atom is -0.0648 e. The molecule has 0 spiro atoms. The Morgan fingerprint density at radius 3 is 1.92 bits per heavy atom. The zero-order valence-electron chi connectivity index (χ0n) is 15.2. The Morgan fingerprint density at radius 1 is 0.750 bits per heavy atom. The Kier molecular flexibility index (Phi) is 3.53. The van der Waals surface area contributed by atoms with E-state index in [1.807, 2.05) is 0 Å². The third kappa shape index (κ3) is 2.05. The first kappa shape index (κ1) is 15.4. The van der Waals surface area contributed by atoms with Crippen molar-refractivity contribution in [1.29, 1.82) is 0 Å². The molecule has 24 heavy (non-hydrogen) atoms. The van der Waals surface area contributed by atoms with Gasteiger partial charge >= 0.3 is 0 Å². The summed E-state index contributed by atoms with van der Waals surface area (Å²) in [5.41, 5.74) is 1.86. The number of rotatable bonds is 4. The Balaban J connectivity index is 2.08. The summed E-state index contributed by atoms with van der Waals surface area (Å²) in [5.74, 6) is 0.553. The van der Waals surface area contributed by atoms with Crippen LogP contribution in [0.3, 0.4) is 0 Å². The van der Waals surface area contributed by atoms with Crippen molar-refractivity contribution in [2.24, 2.45) is 5.41 Å². The Bertz CT molecular complexity index is 989. The summed E-state index contributed by atoms with van der Waals surface area (Å²) in [5, 5.41) is 8.38. The van der Waals surface area contributed by atoms with Crippen LogP contribution >= 0.6 is 0 Å². The molecule has 1 unspecified atom stereocenters. The van der Waals surface area contributed by atoms with Gasteiger partial charge in [0.15, 0.2) is 0 Å². The van der Waals surface area contributed by atoms with Crippen LogP contribution in [-0.4, -0.2) is 0 Å². The molecule has 0 heterocycles. The highest BCUT2D eigenvalue weighted by atomic mass is 14.3. The summed E-state index contributed by atoms with van der Waals surface area (Å²) in [7, 11) is 0. The van der Waals surface area contributed by atoms with Gasteiger partial charge in [0.25, 0.3) is 0 Å². The standard InChI is InChI=1S/C24H26/c1-5-24(4,6-2)16(3)20-14-12-19-11-10-17-8-7-9-18-13-15-21(20)23(19)22(17)18/h7-16H,5-6H2,1-4H3. The van der Waals surface area contributed by atoms with Gasteiger partial charge in [-0.1, -0.05) is 95.1 Å². The van der Waals surface area contributed by atoms with E-state index < -0.39 is 0 Å². The number of benzene rings is 4. The Morgan fingerprint density at radius 2 is 1.29 bits per heavy atom. The largest absolute Gasteiger partial charge is 0.0648 e. The maximum atomic E-state index is 2.44. The molecule has 0 aliphatic heterocycles. The molecule has 0 fully saturated rings. The fourth-order valence-electron chi connectivity index (χ4n) is 4.37. The molecule has 0 aliphatic carbocycles. The lowest BCUT2D eigenvalue weighted by Crippen LogP contribution is -2.22. The molecular formula is C24H26. The number of hydrogen-bond donors (Lipinski definition) is 0. The highest BCUT2D eigenvalue weighted by Gasteiger charge is 2.29. The van der Waals surface area contributed by atoms with E-state index in [-0.39, 0.29) is 0 Å². The Labute approximate surface area is 144 Å². The van der Waals surface area contributed by atoms with Gasteiger partial charge < -0.3 is 0 Å². The van der Waals surface area contributed by atoms with Crippen LogP contribution in [0.4, 0.5) is 0 Å². The van der Waals surface area contributed by atoms with Crippen molar-refractivity contribution in [2.75, 3.05) is 0 Å². The molecule has 0 amide bonds. The molecule has 4 aromatic rings. The normalized spacial score (nSPS) is 14.0. The third-order valence-corrected chi connectivity index (χ3v) is 6.69. The molecule has 0 saturated heterocycles. The quantitative estimate of drug-likeness (QED) is 0.342. The molecule has 0 heteroatoms. The molecule has 0 aromatic heterocycles. The van der Waals surface area contributed by atoms with E-state index in [1.165, 1.54) is 50.7 Å². The summed E-state index contributed by atoms with van der Waals surface area (Å²) in [6.45, 7) is 9.51. The topological polar surface area (TPSA) is 0 Å². The van der Waals surface area contributed by atoms with Crippen molar-refractivity contribution in [3.8, 4) is 0 Å². The van der Waals surface area contributed by atoms with E-state index in [2.05, 4.69) is 82.3 Å². The van der Waals surface area contributed by atoms with Crippen molar-refractivity contribution in [3.63, 3.8) is 0 Å². The summed E-state index contributed by atoms with van der Waals surface area (Å²) in [6.07, 6.45) is 2.43. The molecule has 4 rings (SSSR count). The lowest BCUT2D eigenvalue weighted by molar-refractivity contribution is 0.244. The second-order valence-corrected chi connectivity index (χ2v) is 7.59. The van der Waals surface area contributed by atoms with Crippen molar-refractivity contribution in [2.45, 2.75) is 46.5 Å². The van der Waals surface area contributed by atoms with E-state index in [0.717, 1.165) is 0 Å². The zero-order chi connectivity index (χ0) is 16.9. The maximum Gasteiger partial charge on any atom is -0.00239 e. The van der Waals surface area contributed by atoms with Gasteiger partial charge in [-0.2, -0.15) is 0 Å². The van der Waals surface area contributed by atoms with Crippen LogP contribution in [0.25, 0.3) is 32.3 Å². The highest BCUT2D eigenvalue weighted by molar-refractivity contribution is 6.23. The van der Waals surface area contributed by atoms with Crippen LogP contribution in [0.2, 0.25) is 0 Å². The van der Waals surface area contributed by atoms with Gasteiger partial charge in [0.1, 0.15) is 0 Å². The van der Waals surface area contributed by atoms with E-state index in [1.54, 1.807) is 0 Å². The fraction of sp³-hybridized carbons (Fsp3) is 0.333. The number of hydrogen-bond acceptors (Lipinski definition) is 0. The first-order valence-electron chi connectivity index (χ1n) is 9.25. The molecule has 122 valence electrons. The molecule has 0 N–H and O–H groups in total. The van der Waals surface area contributed by atoms with E-state index >= 15 is 0 Å². The molecular weight excluding hydrogens is 288 g/mol. The van der Waals surface area contributed by atoms with Crippen LogP contribution < -0.4 is 0 Å². The van der Waals surface area contributed by atoms with Gasteiger partial charge in [0.2, 0.25) is 0 Å². The summed E-state index contributed by atoms with van der Waals surface area (Å²) < 4.78 is 0.